The summed E-state index contributed by atoms with van der Waals surface area (Å²) in [6.45, 7) is 7.59. The van der Waals surface area contributed by atoms with E-state index in [0.29, 0.717) is 12.6 Å². The van der Waals surface area contributed by atoms with Gasteiger partial charge in [-0.05, 0) is 61.6 Å². The topological polar surface area (TPSA) is 72.8 Å². The first-order valence-corrected chi connectivity index (χ1v) is 14.0. The number of aromatic nitrogens is 2. The molecule has 0 amide bonds. The second-order valence-electron chi connectivity index (χ2n) is 11.2. The van der Waals surface area contributed by atoms with E-state index >= 15 is 0 Å². The number of anilines is 1. The summed E-state index contributed by atoms with van der Waals surface area (Å²) >= 11 is 0. The van der Waals surface area contributed by atoms with E-state index in [1.807, 2.05) is 18.5 Å². The summed E-state index contributed by atoms with van der Waals surface area (Å²) in [4.78, 5) is 27.9. The summed E-state index contributed by atoms with van der Waals surface area (Å²) in [7, 11) is 0. The lowest BCUT2D eigenvalue weighted by Crippen LogP contribution is -2.48. The number of hydrogen-bond acceptors (Lipinski definition) is 6. The second kappa shape index (κ2) is 11.9. The zero-order valence-electron chi connectivity index (χ0n) is 21.9. The molecule has 0 spiro atoms. The quantitative estimate of drug-likeness (QED) is 0.513. The average Bonchev–Trinajstić information content (AvgIpc) is 3.28. The molecule has 7 nitrogen and oxygen atoms in total. The maximum Gasteiger partial charge on any atom is 0.321 e. The molecule has 3 atom stereocenters. The molecule has 0 bridgehead atoms. The number of carboxylic acids is 1. The molecule has 1 aliphatic carbocycles. The molecule has 1 saturated carbocycles. The predicted molar refractivity (Wildman–Crippen MR) is 142 cm³/mol. The standard InChI is InChI=1S/C29H40FN5O2/c1-2-11-35(26-15-31-20-32-16-26)25-9-12-33(13-10-25)17-23-18-34(28(29(36)37)21-5-3-6-21)19-27(23)22-7-4-8-24(30)14-22/h4,7-8,14-16,20-21,23,25,27-28H,2-3,5-6,9-13,17-19H2,1H3,(H,36,37)/t23-,27+,28+/m0/s1. The Labute approximate surface area is 219 Å². The third-order valence-corrected chi connectivity index (χ3v) is 8.82. The molecule has 3 heterocycles. The number of carbonyl (C=O) groups is 1. The summed E-state index contributed by atoms with van der Waals surface area (Å²) in [5.41, 5.74) is 2.09. The molecule has 200 valence electrons. The minimum absolute atomic E-state index is 0.147. The van der Waals surface area contributed by atoms with Crippen molar-refractivity contribution >= 4 is 11.7 Å². The molecule has 2 aliphatic heterocycles. The van der Waals surface area contributed by atoms with Crippen LogP contribution in [0.15, 0.2) is 43.0 Å². The molecule has 3 aliphatic rings. The van der Waals surface area contributed by atoms with Gasteiger partial charge in [0, 0.05) is 51.2 Å². The van der Waals surface area contributed by atoms with Crippen molar-refractivity contribution in [1.82, 2.24) is 19.8 Å². The number of piperidine rings is 1. The van der Waals surface area contributed by atoms with Gasteiger partial charge < -0.3 is 14.9 Å². The summed E-state index contributed by atoms with van der Waals surface area (Å²) in [5.74, 6) is -0.245. The molecule has 37 heavy (non-hydrogen) atoms. The number of carboxylic acid groups (broad SMARTS) is 1. The van der Waals surface area contributed by atoms with Crippen molar-refractivity contribution in [3.05, 3.63) is 54.4 Å². The molecule has 2 saturated heterocycles. The number of nitrogens with zero attached hydrogens (tertiary/aromatic N) is 5. The summed E-state index contributed by atoms with van der Waals surface area (Å²) < 4.78 is 14.2. The smallest absolute Gasteiger partial charge is 0.321 e. The van der Waals surface area contributed by atoms with E-state index in [1.54, 1.807) is 18.5 Å². The van der Waals surface area contributed by atoms with Gasteiger partial charge in [-0.25, -0.2) is 14.4 Å². The van der Waals surface area contributed by atoms with Crippen molar-refractivity contribution in [3.63, 3.8) is 0 Å². The Morgan fingerprint density at radius 3 is 2.54 bits per heavy atom. The molecular formula is C29H40FN5O2. The first-order chi connectivity index (χ1) is 18.0. The van der Waals surface area contributed by atoms with E-state index in [2.05, 4.69) is 31.6 Å². The number of aliphatic carboxylic acids is 1. The third kappa shape index (κ3) is 5.96. The van der Waals surface area contributed by atoms with E-state index in [4.69, 9.17) is 0 Å². The lowest BCUT2D eigenvalue weighted by molar-refractivity contribution is -0.146. The van der Waals surface area contributed by atoms with Gasteiger partial charge in [0.25, 0.3) is 0 Å². The van der Waals surface area contributed by atoms with Gasteiger partial charge in [-0.3, -0.25) is 9.69 Å². The van der Waals surface area contributed by atoms with Crippen LogP contribution in [0.5, 0.6) is 0 Å². The number of likely N-dealkylation sites (tertiary alicyclic amines) is 2. The third-order valence-electron chi connectivity index (χ3n) is 8.82. The Morgan fingerprint density at radius 1 is 1.16 bits per heavy atom. The molecule has 0 radical (unpaired) electrons. The largest absolute Gasteiger partial charge is 0.480 e. The zero-order chi connectivity index (χ0) is 25.8. The maximum atomic E-state index is 14.2. The summed E-state index contributed by atoms with van der Waals surface area (Å²) in [6, 6.07) is 6.99. The molecule has 2 aromatic rings. The van der Waals surface area contributed by atoms with E-state index < -0.39 is 12.0 Å². The van der Waals surface area contributed by atoms with Gasteiger partial charge in [0.2, 0.25) is 0 Å². The van der Waals surface area contributed by atoms with Gasteiger partial charge in [0.15, 0.2) is 0 Å². The number of hydrogen-bond donors (Lipinski definition) is 1. The van der Waals surface area contributed by atoms with E-state index in [9.17, 15) is 14.3 Å². The highest BCUT2D eigenvalue weighted by atomic mass is 19.1. The van der Waals surface area contributed by atoms with Gasteiger partial charge in [-0.2, -0.15) is 0 Å². The normalized spacial score (nSPS) is 24.6. The van der Waals surface area contributed by atoms with Crippen LogP contribution in [0.3, 0.4) is 0 Å². The van der Waals surface area contributed by atoms with Crippen LogP contribution < -0.4 is 4.90 Å². The SMILES string of the molecule is CCCN(c1cncnc1)C1CCN(C[C@H]2CN([C@@H](C(=O)O)C3CCC3)C[C@@H]2c2cccc(F)c2)CC1. The van der Waals surface area contributed by atoms with Crippen LogP contribution >= 0.6 is 0 Å². The van der Waals surface area contributed by atoms with Gasteiger partial charge in [-0.15, -0.1) is 0 Å². The highest BCUT2D eigenvalue weighted by Gasteiger charge is 2.44. The minimum Gasteiger partial charge on any atom is -0.480 e. The number of benzene rings is 1. The summed E-state index contributed by atoms with van der Waals surface area (Å²) in [5, 5.41) is 10.1. The van der Waals surface area contributed by atoms with Crippen molar-refractivity contribution in [2.24, 2.45) is 11.8 Å². The fourth-order valence-corrected chi connectivity index (χ4v) is 6.79. The van der Waals surface area contributed by atoms with Crippen LogP contribution in [0.25, 0.3) is 0 Å². The highest BCUT2D eigenvalue weighted by molar-refractivity contribution is 5.74. The van der Waals surface area contributed by atoms with Crippen LogP contribution in [0.4, 0.5) is 10.1 Å². The zero-order valence-corrected chi connectivity index (χ0v) is 21.9. The van der Waals surface area contributed by atoms with Gasteiger partial charge in [0.1, 0.15) is 18.2 Å². The van der Waals surface area contributed by atoms with Crippen molar-refractivity contribution in [3.8, 4) is 0 Å². The molecule has 1 aromatic carbocycles. The van der Waals surface area contributed by atoms with E-state index in [0.717, 1.165) is 82.5 Å². The van der Waals surface area contributed by atoms with Crippen molar-refractivity contribution in [2.75, 3.05) is 44.2 Å². The summed E-state index contributed by atoms with van der Waals surface area (Å²) in [6.07, 6.45) is 11.8. The fourth-order valence-electron chi connectivity index (χ4n) is 6.79. The van der Waals surface area contributed by atoms with Gasteiger partial charge in [-0.1, -0.05) is 25.5 Å². The highest BCUT2D eigenvalue weighted by Crippen LogP contribution is 2.40. The Morgan fingerprint density at radius 2 is 1.92 bits per heavy atom. The van der Waals surface area contributed by atoms with Crippen molar-refractivity contribution in [1.29, 1.82) is 0 Å². The Kier molecular flexibility index (Phi) is 8.35. The van der Waals surface area contributed by atoms with Crippen LogP contribution in [0.1, 0.15) is 56.9 Å². The molecule has 3 fully saturated rings. The molecule has 0 unspecified atom stereocenters. The van der Waals surface area contributed by atoms with Gasteiger partial charge in [0.05, 0.1) is 18.1 Å². The first-order valence-electron chi connectivity index (χ1n) is 14.0. The molecule has 1 aromatic heterocycles. The fraction of sp³-hybridized carbons (Fsp3) is 0.621. The predicted octanol–water partition coefficient (Wildman–Crippen LogP) is 4.27. The van der Waals surface area contributed by atoms with Crippen LogP contribution in [0, 0.1) is 17.7 Å². The monoisotopic (exact) mass is 509 g/mol. The molecular weight excluding hydrogens is 469 g/mol. The molecule has 1 N–H and O–H groups in total. The molecule has 8 heteroatoms. The van der Waals surface area contributed by atoms with E-state index in [-0.39, 0.29) is 23.6 Å². The molecule has 5 rings (SSSR count). The van der Waals surface area contributed by atoms with Crippen LogP contribution in [-0.2, 0) is 4.79 Å². The van der Waals surface area contributed by atoms with Crippen LogP contribution in [-0.4, -0.2) is 82.2 Å². The number of halogens is 1. The Bertz CT molecular complexity index is 1030. The van der Waals surface area contributed by atoms with Crippen LogP contribution in [0.2, 0.25) is 0 Å². The van der Waals surface area contributed by atoms with Gasteiger partial charge >= 0.3 is 5.97 Å². The second-order valence-corrected chi connectivity index (χ2v) is 11.2. The Balaban J connectivity index is 1.27. The first kappa shape index (κ1) is 26.0. The lowest BCUT2D eigenvalue weighted by Gasteiger charge is -2.40. The Hall–Kier alpha value is -2.58. The average molecular weight is 510 g/mol. The van der Waals surface area contributed by atoms with Crippen molar-refractivity contribution in [2.45, 2.75) is 63.5 Å². The maximum absolute atomic E-state index is 14.2. The minimum atomic E-state index is -0.704. The lowest BCUT2D eigenvalue weighted by atomic mass is 9.79. The van der Waals surface area contributed by atoms with Crippen molar-refractivity contribution < 1.29 is 14.3 Å². The number of rotatable bonds is 10. The van der Waals surface area contributed by atoms with E-state index in [1.165, 1.54) is 6.07 Å².